The molecule has 1 aromatic carbocycles. The summed E-state index contributed by atoms with van der Waals surface area (Å²) in [5, 5.41) is 9.03. The van der Waals surface area contributed by atoms with Crippen LogP contribution in [0.5, 0.6) is 5.75 Å². The first-order valence-corrected chi connectivity index (χ1v) is 7.64. The van der Waals surface area contributed by atoms with Gasteiger partial charge < -0.3 is 9.84 Å². The zero-order chi connectivity index (χ0) is 15.5. The van der Waals surface area contributed by atoms with E-state index >= 15 is 0 Å². The number of methoxy groups -OCH3 is 1. The first-order valence-electron chi connectivity index (χ1n) is 5.77. The Labute approximate surface area is 122 Å². The van der Waals surface area contributed by atoms with Crippen LogP contribution in [0.25, 0.3) is 0 Å². The lowest BCUT2D eigenvalue weighted by Gasteiger charge is -2.18. The van der Waals surface area contributed by atoms with E-state index in [-0.39, 0.29) is 9.92 Å². The lowest BCUT2D eigenvalue weighted by atomic mass is 10.1. The number of aliphatic carboxylic acids is 1. The van der Waals surface area contributed by atoms with E-state index in [0.29, 0.717) is 5.75 Å². The van der Waals surface area contributed by atoms with Gasteiger partial charge in [0, 0.05) is 6.07 Å². The molecule has 112 valence electrons. The molecule has 0 radical (unpaired) electrons. The minimum absolute atomic E-state index is 0.00815. The normalized spacial score (nSPS) is 13.2. The van der Waals surface area contributed by atoms with Crippen molar-refractivity contribution >= 4 is 27.6 Å². The molecule has 0 aliphatic carbocycles. The zero-order valence-corrected chi connectivity index (χ0v) is 12.8. The van der Waals surface area contributed by atoms with E-state index < -0.39 is 28.0 Å². The maximum absolute atomic E-state index is 12.2. The molecule has 8 heteroatoms. The van der Waals surface area contributed by atoms with Gasteiger partial charge in [0.1, 0.15) is 16.7 Å². The molecular formula is C12H16ClNO5S. The molecule has 1 aromatic rings. The molecule has 0 fully saturated rings. The van der Waals surface area contributed by atoms with Gasteiger partial charge in [-0.2, -0.15) is 4.72 Å². The Balaban J connectivity index is 3.20. The number of ether oxygens (including phenoxy) is 1. The molecule has 6 nitrogen and oxygen atoms in total. The highest BCUT2D eigenvalue weighted by Crippen LogP contribution is 2.26. The third-order valence-electron chi connectivity index (χ3n) is 2.64. The standard InChI is InChI=1S/C12H16ClNO5S/c1-7(2)11(12(15)16)14-20(17,18)10-6-8(19-3)4-5-9(10)13/h4-7,11,14H,1-3H3,(H,15,16). The summed E-state index contributed by atoms with van der Waals surface area (Å²) in [4.78, 5) is 10.9. The summed E-state index contributed by atoms with van der Waals surface area (Å²) in [6.07, 6.45) is 0. The van der Waals surface area contributed by atoms with Gasteiger partial charge >= 0.3 is 5.97 Å². The van der Waals surface area contributed by atoms with Crippen LogP contribution in [0.3, 0.4) is 0 Å². The van der Waals surface area contributed by atoms with Gasteiger partial charge in [-0.25, -0.2) is 8.42 Å². The molecule has 1 unspecified atom stereocenters. The average molecular weight is 322 g/mol. The van der Waals surface area contributed by atoms with Crippen molar-refractivity contribution in [3.05, 3.63) is 23.2 Å². The predicted molar refractivity (Wildman–Crippen MR) is 74.6 cm³/mol. The van der Waals surface area contributed by atoms with Crippen LogP contribution in [-0.2, 0) is 14.8 Å². The van der Waals surface area contributed by atoms with Crippen molar-refractivity contribution in [1.82, 2.24) is 4.72 Å². The van der Waals surface area contributed by atoms with E-state index in [4.69, 9.17) is 21.4 Å². The van der Waals surface area contributed by atoms with Gasteiger partial charge in [-0.3, -0.25) is 4.79 Å². The maximum Gasteiger partial charge on any atom is 0.322 e. The molecule has 0 aliphatic heterocycles. The topological polar surface area (TPSA) is 92.7 Å². The van der Waals surface area contributed by atoms with Crippen molar-refractivity contribution in [3.8, 4) is 5.75 Å². The Kier molecular flexibility index (Phi) is 5.38. The number of sulfonamides is 1. The first-order chi connectivity index (χ1) is 9.19. The third kappa shape index (κ3) is 3.84. The van der Waals surface area contributed by atoms with E-state index in [1.807, 2.05) is 0 Å². The summed E-state index contributed by atoms with van der Waals surface area (Å²) in [5.74, 6) is -1.35. The summed E-state index contributed by atoms with van der Waals surface area (Å²) in [6, 6.07) is 2.89. The molecule has 0 amide bonds. The molecular weight excluding hydrogens is 306 g/mol. The quantitative estimate of drug-likeness (QED) is 0.832. The fourth-order valence-electron chi connectivity index (χ4n) is 1.52. The molecule has 0 saturated heterocycles. The van der Waals surface area contributed by atoms with Crippen LogP contribution in [0.4, 0.5) is 0 Å². The largest absolute Gasteiger partial charge is 0.497 e. The van der Waals surface area contributed by atoms with E-state index in [1.165, 1.54) is 25.3 Å². The van der Waals surface area contributed by atoms with Crippen LogP contribution < -0.4 is 9.46 Å². The van der Waals surface area contributed by atoms with Crippen LogP contribution in [0, 0.1) is 5.92 Å². The lowest BCUT2D eigenvalue weighted by molar-refractivity contribution is -0.140. The number of halogens is 1. The van der Waals surface area contributed by atoms with E-state index in [9.17, 15) is 13.2 Å². The van der Waals surface area contributed by atoms with Gasteiger partial charge in [0.15, 0.2) is 0 Å². The molecule has 1 atom stereocenters. The average Bonchev–Trinajstić information content (AvgIpc) is 2.35. The number of carboxylic acid groups (broad SMARTS) is 1. The molecule has 20 heavy (non-hydrogen) atoms. The minimum atomic E-state index is -4.06. The number of rotatable bonds is 6. The van der Waals surface area contributed by atoms with Gasteiger partial charge in [0.25, 0.3) is 0 Å². The smallest absolute Gasteiger partial charge is 0.322 e. The Hall–Kier alpha value is -1.31. The summed E-state index contributed by atoms with van der Waals surface area (Å²) in [6.45, 7) is 3.21. The van der Waals surface area contributed by atoms with E-state index in [2.05, 4.69) is 4.72 Å². The van der Waals surface area contributed by atoms with Crippen molar-refractivity contribution in [3.63, 3.8) is 0 Å². The van der Waals surface area contributed by atoms with Gasteiger partial charge in [0.05, 0.1) is 12.1 Å². The molecule has 2 N–H and O–H groups in total. The molecule has 0 aliphatic rings. The monoisotopic (exact) mass is 321 g/mol. The van der Waals surface area contributed by atoms with Gasteiger partial charge in [-0.1, -0.05) is 25.4 Å². The number of hydrogen-bond donors (Lipinski definition) is 2. The molecule has 0 saturated carbocycles. The van der Waals surface area contributed by atoms with Gasteiger partial charge in [-0.15, -0.1) is 0 Å². The highest BCUT2D eigenvalue weighted by Gasteiger charge is 2.29. The highest BCUT2D eigenvalue weighted by molar-refractivity contribution is 7.89. The molecule has 0 spiro atoms. The summed E-state index contributed by atoms with van der Waals surface area (Å²) < 4.78 is 31.5. The SMILES string of the molecule is COc1ccc(Cl)c(S(=O)(=O)NC(C(=O)O)C(C)C)c1. The molecule has 0 heterocycles. The van der Waals surface area contributed by atoms with E-state index in [1.54, 1.807) is 13.8 Å². The Morgan fingerprint density at radius 2 is 2.00 bits per heavy atom. The van der Waals surface area contributed by atoms with Crippen molar-refractivity contribution in [2.24, 2.45) is 5.92 Å². The van der Waals surface area contributed by atoms with Crippen molar-refractivity contribution in [1.29, 1.82) is 0 Å². The number of nitrogens with one attached hydrogen (secondary N) is 1. The van der Waals surface area contributed by atoms with Crippen LogP contribution in [0.2, 0.25) is 5.02 Å². The molecule has 0 aromatic heterocycles. The van der Waals surface area contributed by atoms with Crippen molar-refractivity contribution < 1.29 is 23.1 Å². The number of hydrogen-bond acceptors (Lipinski definition) is 4. The predicted octanol–water partition coefficient (Wildman–Crippen LogP) is 1.74. The van der Waals surface area contributed by atoms with Gasteiger partial charge in [0.2, 0.25) is 10.0 Å². The molecule has 1 rings (SSSR count). The Morgan fingerprint density at radius 3 is 2.45 bits per heavy atom. The molecule has 0 bridgehead atoms. The number of benzene rings is 1. The fourth-order valence-corrected chi connectivity index (χ4v) is 3.37. The van der Waals surface area contributed by atoms with Crippen molar-refractivity contribution in [2.75, 3.05) is 7.11 Å². The number of carbonyl (C=O) groups is 1. The summed E-state index contributed by atoms with van der Waals surface area (Å²) in [5.41, 5.74) is 0. The third-order valence-corrected chi connectivity index (χ3v) is 4.57. The Bertz CT molecular complexity index is 600. The van der Waals surface area contributed by atoms with Gasteiger partial charge in [-0.05, 0) is 18.1 Å². The minimum Gasteiger partial charge on any atom is -0.497 e. The second-order valence-corrected chi connectivity index (χ2v) is 6.57. The van der Waals surface area contributed by atoms with E-state index in [0.717, 1.165) is 0 Å². The first kappa shape index (κ1) is 16.7. The second-order valence-electron chi connectivity index (χ2n) is 4.48. The van der Waals surface area contributed by atoms with Crippen LogP contribution in [-0.4, -0.2) is 32.6 Å². The van der Waals surface area contributed by atoms with Crippen LogP contribution in [0.15, 0.2) is 23.1 Å². The Morgan fingerprint density at radius 1 is 1.40 bits per heavy atom. The maximum atomic E-state index is 12.2. The van der Waals surface area contributed by atoms with Crippen LogP contribution >= 0.6 is 11.6 Å². The summed E-state index contributed by atoms with van der Waals surface area (Å²) >= 11 is 5.86. The zero-order valence-electron chi connectivity index (χ0n) is 11.3. The summed E-state index contributed by atoms with van der Waals surface area (Å²) in [7, 11) is -2.67. The lowest BCUT2D eigenvalue weighted by Crippen LogP contribution is -2.44. The highest BCUT2D eigenvalue weighted by atomic mass is 35.5. The van der Waals surface area contributed by atoms with Crippen LogP contribution in [0.1, 0.15) is 13.8 Å². The van der Waals surface area contributed by atoms with Crippen molar-refractivity contribution in [2.45, 2.75) is 24.8 Å². The second kappa shape index (κ2) is 6.43. The number of carboxylic acids is 1. The fraction of sp³-hybridized carbons (Fsp3) is 0.417.